The van der Waals surface area contributed by atoms with Crippen molar-refractivity contribution in [3.63, 3.8) is 0 Å². The van der Waals surface area contributed by atoms with Gasteiger partial charge in [0.25, 0.3) is 12.4 Å². The van der Waals surface area contributed by atoms with Crippen molar-refractivity contribution in [3.8, 4) is 5.75 Å². The molecule has 1 unspecified atom stereocenters. The Balaban J connectivity index is 0.000000291. The fraction of sp³-hybridized carbons (Fsp3) is 0.485. The number of nitrogens with one attached hydrogen (secondary N) is 3. The van der Waals surface area contributed by atoms with Gasteiger partial charge in [0, 0.05) is 49.8 Å². The highest BCUT2D eigenvalue weighted by molar-refractivity contribution is 7.80. The third kappa shape index (κ3) is 12.0. The highest BCUT2D eigenvalue weighted by Gasteiger charge is 2.57. The number of nitrogens with two attached hydrogens (primary N) is 1. The van der Waals surface area contributed by atoms with Crippen LogP contribution in [0, 0.1) is 5.92 Å². The van der Waals surface area contributed by atoms with Gasteiger partial charge in [-0.2, -0.15) is 13.5 Å². The maximum Gasteiger partial charge on any atom is 0.418 e. The van der Waals surface area contributed by atoms with E-state index in [1.54, 1.807) is 0 Å². The van der Waals surface area contributed by atoms with Gasteiger partial charge in [-0.05, 0) is 74.6 Å². The van der Waals surface area contributed by atoms with Gasteiger partial charge in [-0.1, -0.05) is 17.3 Å². The molecule has 2 aromatic carbocycles. The Morgan fingerprint density at radius 3 is 2.42 bits per heavy atom. The molecule has 7 N–H and O–H groups in total. The van der Waals surface area contributed by atoms with E-state index >= 15 is 0 Å². The number of amides is 2. The Hall–Kier alpha value is -4.60. The van der Waals surface area contributed by atoms with Gasteiger partial charge in [-0.25, -0.2) is 4.98 Å². The molecule has 6 rings (SSSR count). The molecule has 1 aromatic heterocycles. The maximum absolute atomic E-state index is 11.2. The van der Waals surface area contributed by atoms with Crippen LogP contribution in [0.2, 0.25) is 0 Å². The van der Waals surface area contributed by atoms with Crippen LogP contribution in [0.25, 0.3) is 10.8 Å². The summed E-state index contributed by atoms with van der Waals surface area (Å²) >= 11 is 1.39. The summed E-state index contributed by atoms with van der Waals surface area (Å²) in [5.41, 5.74) is 7.25. The zero-order valence-electron chi connectivity index (χ0n) is 29.6. The standard InChI is InChI=1S/C26H34N6O2S.C6H10N2O6S.CH2O2/c1-18(25-17-35-26(27)30-25)31-34-11-10-33-24-5-3-20-12-23(4-2-21(20)13-24)29-22-6-8-32(9-7-22)16-19-14-28-15-19;1-6(2)4(7-3-9)5(10)8(6)14-15(11,12)13;2-1-3/h2-5,12-13,17,19,22,28-29H,6-11,14-16H2,1H3,(H2,27,30);3-4H,1-2H3,(H,7,9)(H,11,12,13);1H,(H,2,3)/b31-18+;;. The van der Waals surface area contributed by atoms with E-state index in [9.17, 15) is 18.0 Å². The van der Waals surface area contributed by atoms with Crippen molar-refractivity contribution >= 4 is 67.8 Å². The molecule has 0 bridgehead atoms. The van der Waals surface area contributed by atoms with Crippen LogP contribution >= 0.6 is 11.3 Å². The highest BCUT2D eigenvalue weighted by atomic mass is 32.3. The molecule has 18 nitrogen and oxygen atoms in total. The molecule has 3 aromatic rings. The van der Waals surface area contributed by atoms with Crippen molar-refractivity contribution in [2.24, 2.45) is 11.1 Å². The molecule has 0 radical (unpaired) electrons. The number of benzene rings is 2. The van der Waals surface area contributed by atoms with Gasteiger partial charge in [0.15, 0.2) is 11.7 Å². The van der Waals surface area contributed by atoms with Crippen molar-refractivity contribution in [2.45, 2.75) is 51.2 Å². The number of hydroxylamine groups is 2. The molecular weight excluding hydrogens is 733 g/mol. The maximum atomic E-state index is 11.2. The second-order valence-corrected chi connectivity index (χ2v) is 14.9. The van der Waals surface area contributed by atoms with Crippen LogP contribution in [0.15, 0.2) is 46.9 Å². The first-order chi connectivity index (χ1) is 25.2. The molecule has 3 fully saturated rings. The van der Waals surface area contributed by atoms with Crippen LogP contribution in [0.4, 0.5) is 10.8 Å². The number of anilines is 2. The molecule has 0 aliphatic carbocycles. The Morgan fingerprint density at radius 2 is 1.83 bits per heavy atom. The minimum Gasteiger partial charge on any atom is -0.490 e. The van der Waals surface area contributed by atoms with Crippen LogP contribution in [0.5, 0.6) is 5.75 Å². The Bertz CT molecular complexity index is 1830. The number of carboxylic acid groups (broad SMARTS) is 1. The second-order valence-electron chi connectivity index (χ2n) is 13.0. The van der Waals surface area contributed by atoms with Crippen LogP contribution in [0.3, 0.4) is 0 Å². The molecule has 1 atom stereocenters. The average molecular weight is 779 g/mol. The molecular formula is C33H46N8O10S2. The zero-order chi connectivity index (χ0) is 38.6. The number of oxime groups is 1. The van der Waals surface area contributed by atoms with Gasteiger partial charge in [-0.15, -0.1) is 15.6 Å². The van der Waals surface area contributed by atoms with Crippen LogP contribution in [-0.2, 0) is 33.9 Å². The molecule has 290 valence electrons. The first-order valence-electron chi connectivity index (χ1n) is 16.8. The van der Waals surface area contributed by atoms with E-state index in [0.29, 0.717) is 41.6 Å². The minimum absolute atomic E-state index is 0.250. The SMILES string of the molecule is C/C(=N\OCCOc1ccc2cc(NC3CCN(CC4CNC4)CC3)ccc2c1)c1csc(N)n1.CC1(C)C(NC=O)C(=O)N1OS(=O)(=O)O.O=CO. The van der Waals surface area contributed by atoms with E-state index in [1.165, 1.54) is 81.8 Å². The third-order valence-electron chi connectivity index (χ3n) is 8.77. The number of carbonyl (C=O) groups is 3. The van der Waals surface area contributed by atoms with E-state index in [4.69, 9.17) is 29.8 Å². The molecule has 0 saturated carbocycles. The fourth-order valence-electron chi connectivity index (χ4n) is 5.91. The Kier molecular flexibility index (Phi) is 14.7. The lowest BCUT2D eigenvalue weighted by Gasteiger charge is -2.50. The lowest BCUT2D eigenvalue weighted by molar-refractivity contribution is -0.218. The number of fused-ring (bicyclic) bond motifs is 1. The fourth-order valence-corrected chi connectivity index (χ4v) is 6.97. The van der Waals surface area contributed by atoms with Crippen LogP contribution < -0.4 is 26.4 Å². The number of thiazole rings is 1. The zero-order valence-corrected chi connectivity index (χ0v) is 31.3. The summed E-state index contributed by atoms with van der Waals surface area (Å²) < 4.78 is 39.0. The van der Waals surface area contributed by atoms with Crippen LogP contribution in [0.1, 0.15) is 39.3 Å². The number of aromatic nitrogens is 1. The molecule has 20 heteroatoms. The van der Waals surface area contributed by atoms with Gasteiger partial charge in [0.2, 0.25) is 6.41 Å². The first-order valence-corrected chi connectivity index (χ1v) is 19.0. The molecule has 0 spiro atoms. The van der Waals surface area contributed by atoms with Gasteiger partial charge in [0.1, 0.15) is 29.8 Å². The number of nitrogens with zero attached hydrogens (tertiary/aromatic N) is 4. The predicted molar refractivity (Wildman–Crippen MR) is 199 cm³/mol. The van der Waals surface area contributed by atoms with Gasteiger partial charge in [0.05, 0.1) is 5.54 Å². The summed E-state index contributed by atoms with van der Waals surface area (Å²) in [5.74, 6) is 0.932. The molecule has 4 heterocycles. The average Bonchev–Trinajstić information content (AvgIpc) is 3.54. The lowest BCUT2D eigenvalue weighted by Crippen LogP contribution is -2.75. The second kappa shape index (κ2) is 18.9. The summed E-state index contributed by atoms with van der Waals surface area (Å²) in [5, 5.41) is 25.5. The molecule has 53 heavy (non-hydrogen) atoms. The Labute approximate surface area is 311 Å². The summed E-state index contributed by atoms with van der Waals surface area (Å²) in [6.07, 6.45) is 2.73. The number of hydrogen-bond donors (Lipinski definition) is 6. The number of nitrogen functional groups attached to an aromatic ring is 1. The van der Waals surface area contributed by atoms with E-state index in [2.05, 4.69) is 65.6 Å². The van der Waals surface area contributed by atoms with E-state index in [-0.39, 0.29) is 6.47 Å². The van der Waals surface area contributed by atoms with Gasteiger partial charge < -0.3 is 41.3 Å². The lowest BCUT2D eigenvalue weighted by atomic mass is 9.85. The number of carbonyl (C=O) groups excluding carboxylic acids is 2. The topological polar surface area (TPSA) is 247 Å². The number of likely N-dealkylation sites (tertiary alicyclic amines) is 1. The first kappa shape index (κ1) is 41.2. The smallest absolute Gasteiger partial charge is 0.418 e. The Morgan fingerprint density at radius 1 is 1.15 bits per heavy atom. The number of β-lactam (4-membered cyclic amide) rings is 1. The van der Waals surface area contributed by atoms with Crippen LogP contribution in [-0.4, -0.2) is 121 Å². The van der Waals surface area contributed by atoms with Crippen molar-refractivity contribution in [2.75, 3.05) is 57.0 Å². The predicted octanol–water partition coefficient (Wildman–Crippen LogP) is 1.95. The quantitative estimate of drug-likeness (QED) is 0.0342. The largest absolute Gasteiger partial charge is 0.490 e. The van der Waals surface area contributed by atoms with Crippen molar-refractivity contribution < 1.29 is 46.3 Å². The molecule has 2 amide bonds. The van der Waals surface area contributed by atoms with Crippen molar-refractivity contribution in [1.29, 1.82) is 0 Å². The summed E-state index contributed by atoms with van der Waals surface area (Å²) in [6, 6.07) is 12.4. The highest BCUT2D eigenvalue weighted by Crippen LogP contribution is 2.32. The third-order valence-corrected chi connectivity index (χ3v) is 9.78. The normalized spacial score (nSPS) is 19.0. The number of rotatable bonds is 14. The monoisotopic (exact) mass is 778 g/mol. The van der Waals surface area contributed by atoms with Crippen molar-refractivity contribution in [1.82, 2.24) is 25.6 Å². The summed E-state index contributed by atoms with van der Waals surface area (Å²) in [7, 11) is -4.74. The van der Waals surface area contributed by atoms with E-state index < -0.39 is 27.9 Å². The summed E-state index contributed by atoms with van der Waals surface area (Å²) in [6.45, 7) is 11.3. The molecule has 3 saturated heterocycles. The molecule has 3 aliphatic heterocycles. The van der Waals surface area contributed by atoms with Gasteiger partial charge in [-0.3, -0.25) is 18.9 Å². The number of piperidine rings is 1. The summed E-state index contributed by atoms with van der Waals surface area (Å²) in [4.78, 5) is 41.9. The number of ether oxygens (including phenoxy) is 1. The molecule has 3 aliphatic rings. The van der Waals surface area contributed by atoms with Crippen molar-refractivity contribution in [3.05, 3.63) is 47.5 Å². The minimum atomic E-state index is -4.74. The van der Waals surface area contributed by atoms with E-state index in [1.807, 2.05) is 18.4 Å². The number of hydrogen-bond acceptors (Lipinski definition) is 15. The van der Waals surface area contributed by atoms with E-state index in [0.717, 1.165) is 22.7 Å². The van der Waals surface area contributed by atoms with Gasteiger partial charge >= 0.3 is 10.4 Å².